The van der Waals surface area contributed by atoms with Gasteiger partial charge in [-0.15, -0.1) is 0 Å². The zero-order valence-electron chi connectivity index (χ0n) is 15.9. The second-order valence-corrected chi connectivity index (χ2v) is 9.22. The van der Waals surface area contributed by atoms with Crippen LogP contribution in [0.1, 0.15) is 52.4 Å². The van der Waals surface area contributed by atoms with Crippen LogP contribution >= 0.6 is 0 Å². The van der Waals surface area contributed by atoms with Crippen molar-refractivity contribution in [1.29, 1.82) is 0 Å². The van der Waals surface area contributed by atoms with Crippen LogP contribution in [0.3, 0.4) is 0 Å². The molecule has 0 spiro atoms. The molecule has 0 saturated heterocycles. The fraction of sp³-hybridized carbons (Fsp3) is 0.818. The van der Waals surface area contributed by atoms with E-state index in [9.17, 15) is 9.59 Å². The molecule has 4 heteroatoms. The highest BCUT2D eigenvalue weighted by molar-refractivity contribution is 5.95. The van der Waals surface area contributed by atoms with Gasteiger partial charge >= 0.3 is 11.9 Å². The van der Waals surface area contributed by atoms with E-state index in [0.717, 1.165) is 35.5 Å². The van der Waals surface area contributed by atoms with Crippen molar-refractivity contribution in [1.82, 2.24) is 0 Å². The van der Waals surface area contributed by atoms with Crippen molar-refractivity contribution in [3.05, 3.63) is 11.1 Å². The van der Waals surface area contributed by atoms with E-state index in [2.05, 4.69) is 0 Å². The smallest absolute Gasteiger partial charge is 0.334 e. The van der Waals surface area contributed by atoms with Gasteiger partial charge in [0.15, 0.2) is 0 Å². The number of rotatable bonds is 5. The quantitative estimate of drug-likeness (QED) is 0.555. The first-order valence-electron chi connectivity index (χ1n) is 10.7. The van der Waals surface area contributed by atoms with E-state index in [1.54, 1.807) is 0 Å². The van der Waals surface area contributed by atoms with Crippen LogP contribution in [0, 0.1) is 47.3 Å². The predicted molar refractivity (Wildman–Crippen MR) is 95.9 cm³/mol. The third kappa shape index (κ3) is 2.26. The van der Waals surface area contributed by atoms with E-state index in [-0.39, 0.29) is 18.4 Å². The summed E-state index contributed by atoms with van der Waals surface area (Å²) in [5, 5.41) is 0. The average Bonchev–Trinajstić information content (AvgIpc) is 2.63. The molecule has 0 aromatic rings. The lowest BCUT2D eigenvalue weighted by molar-refractivity contribution is -0.178. The Morgan fingerprint density at radius 3 is 2.04 bits per heavy atom. The van der Waals surface area contributed by atoms with Crippen LogP contribution in [0.25, 0.3) is 0 Å². The SMILES string of the molecule is CCOC(=O)C/C(C(=O)OCC)=C1/C2CC3C4CC5CC3C1C(C5)C4C2. The summed E-state index contributed by atoms with van der Waals surface area (Å²) in [6.07, 6.45) is 6.73. The number of carbonyl (C=O) groups excluding carboxylic acids is 2. The molecule has 0 aromatic heterocycles. The Morgan fingerprint density at radius 1 is 0.846 bits per heavy atom. The summed E-state index contributed by atoms with van der Waals surface area (Å²) >= 11 is 0. The Kier molecular flexibility index (Phi) is 3.95. The summed E-state index contributed by atoms with van der Waals surface area (Å²) in [4.78, 5) is 25.1. The van der Waals surface area contributed by atoms with Crippen LogP contribution in [0.2, 0.25) is 0 Å². The Labute approximate surface area is 155 Å². The van der Waals surface area contributed by atoms with Crippen molar-refractivity contribution in [3.63, 3.8) is 0 Å². The number of esters is 2. The first-order valence-corrected chi connectivity index (χ1v) is 10.7. The van der Waals surface area contributed by atoms with Crippen molar-refractivity contribution in [2.24, 2.45) is 47.3 Å². The Bertz CT molecular complexity index is 641. The molecule has 0 aliphatic heterocycles. The Morgan fingerprint density at radius 2 is 1.42 bits per heavy atom. The van der Waals surface area contributed by atoms with E-state index < -0.39 is 0 Å². The minimum absolute atomic E-state index is 0.0939. The molecule has 7 fully saturated rings. The summed E-state index contributed by atoms with van der Waals surface area (Å²) in [6, 6.07) is 0. The molecule has 0 N–H and O–H groups in total. The predicted octanol–water partition coefficient (Wildman–Crippen LogP) is 3.75. The zero-order valence-corrected chi connectivity index (χ0v) is 15.9. The van der Waals surface area contributed by atoms with E-state index >= 15 is 0 Å². The fourth-order valence-electron chi connectivity index (χ4n) is 7.99. The van der Waals surface area contributed by atoms with E-state index in [1.165, 1.54) is 37.7 Å². The van der Waals surface area contributed by atoms with Gasteiger partial charge in [-0.2, -0.15) is 0 Å². The van der Waals surface area contributed by atoms with Crippen molar-refractivity contribution in [3.8, 4) is 0 Å². The molecule has 4 unspecified atom stereocenters. The zero-order chi connectivity index (χ0) is 18.0. The highest BCUT2D eigenvalue weighted by atomic mass is 16.5. The monoisotopic (exact) mass is 358 g/mol. The molecule has 7 aliphatic carbocycles. The first kappa shape index (κ1) is 16.8. The molecule has 142 valence electrons. The van der Waals surface area contributed by atoms with Crippen LogP contribution in [-0.2, 0) is 19.1 Å². The lowest BCUT2D eigenvalue weighted by Gasteiger charge is -2.70. The second kappa shape index (κ2) is 6.10. The summed E-state index contributed by atoms with van der Waals surface area (Å²) in [7, 11) is 0. The molecule has 4 nitrogen and oxygen atoms in total. The molecule has 26 heavy (non-hydrogen) atoms. The largest absolute Gasteiger partial charge is 0.466 e. The molecule has 0 aromatic carbocycles. The van der Waals surface area contributed by atoms with Gasteiger partial charge in [-0.1, -0.05) is 5.57 Å². The molecule has 7 rings (SSSR count). The van der Waals surface area contributed by atoms with E-state index in [4.69, 9.17) is 9.47 Å². The van der Waals surface area contributed by atoms with Gasteiger partial charge in [0.25, 0.3) is 0 Å². The average molecular weight is 358 g/mol. The summed E-state index contributed by atoms with van der Waals surface area (Å²) in [5.41, 5.74) is 1.97. The minimum atomic E-state index is -0.287. The van der Waals surface area contributed by atoms with Crippen LogP contribution in [-0.4, -0.2) is 25.2 Å². The Balaban J connectivity index is 1.55. The van der Waals surface area contributed by atoms with Crippen molar-refractivity contribution in [2.45, 2.75) is 52.4 Å². The van der Waals surface area contributed by atoms with Gasteiger partial charge in [0, 0.05) is 5.57 Å². The number of ether oxygens (including phenoxy) is 2. The molecular weight excluding hydrogens is 328 g/mol. The maximum atomic E-state index is 12.8. The Hall–Kier alpha value is -1.32. The van der Waals surface area contributed by atoms with Gasteiger partial charge in [-0.05, 0) is 93.3 Å². The minimum Gasteiger partial charge on any atom is -0.466 e. The van der Waals surface area contributed by atoms with Crippen molar-refractivity contribution in [2.75, 3.05) is 13.2 Å². The van der Waals surface area contributed by atoms with Gasteiger partial charge in [0.1, 0.15) is 0 Å². The third-order valence-electron chi connectivity index (χ3n) is 8.35. The van der Waals surface area contributed by atoms with Crippen LogP contribution < -0.4 is 0 Å². The van der Waals surface area contributed by atoms with Gasteiger partial charge in [-0.3, -0.25) is 4.79 Å². The molecule has 7 saturated carbocycles. The topological polar surface area (TPSA) is 52.6 Å². The maximum Gasteiger partial charge on any atom is 0.334 e. The molecule has 0 radical (unpaired) electrons. The lowest BCUT2D eigenvalue weighted by Crippen LogP contribution is -2.63. The van der Waals surface area contributed by atoms with Crippen LogP contribution in [0.15, 0.2) is 11.1 Å². The molecular formula is C22H30O4. The molecule has 4 atom stereocenters. The maximum absolute atomic E-state index is 12.8. The summed E-state index contributed by atoms with van der Waals surface area (Å²) in [6.45, 7) is 4.37. The van der Waals surface area contributed by atoms with Crippen LogP contribution in [0.5, 0.6) is 0 Å². The van der Waals surface area contributed by atoms with E-state index in [1.807, 2.05) is 13.8 Å². The van der Waals surface area contributed by atoms with Gasteiger partial charge in [-0.25, -0.2) is 4.79 Å². The van der Waals surface area contributed by atoms with Gasteiger partial charge in [0.2, 0.25) is 0 Å². The summed E-state index contributed by atoms with van der Waals surface area (Å²) in [5.74, 6) is 5.64. The number of hydrogen-bond acceptors (Lipinski definition) is 4. The normalized spacial score (nSPS) is 45.8. The van der Waals surface area contributed by atoms with E-state index in [0.29, 0.717) is 30.6 Å². The molecule has 7 aliphatic rings. The number of hydrogen-bond donors (Lipinski definition) is 0. The summed E-state index contributed by atoms with van der Waals surface area (Å²) < 4.78 is 10.6. The fourth-order valence-corrected chi connectivity index (χ4v) is 7.99. The lowest BCUT2D eigenvalue weighted by atomic mass is 9.34. The number of carbonyl (C=O) groups is 2. The van der Waals surface area contributed by atoms with Gasteiger partial charge in [0.05, 0.1) is 19.6 Å². The first-order chi connectivity index (χ1) is 12.6. The van der Waals surface area contributed by atoms with Crippen molar-refractivity contribution >= 4 is 11.9 Å². The standard InChI is InChI=1S/C22H30O4/c1-3-25-19(23)10-18(22(24)26-4-2)20-12-8-14-13-5-11-6-16(14)21(20)17(7-11)15(13)9-12/h11-17,21H,3-10H2,1-2H3/b20-18+. The molecule has 8 bridgehead atoms. The third-order valence-corrected chi connectivity index (χ3v) is 8.35. The molecule has 0 heterocycles. The highest BCUT2D eigenvalue weighted by Crippen LogP contribution is 2.72. The second-order valence-electron chi connectivity index (χ2n) is 9.22. The van der Waals surface area contributed by atoms with Crippen LogP contribution in [0.4, 0.5) is 0 Å². The van der Waals surface area contributed by atoms with Gasteiger partial charge < -0.3 is 9.47 Å². The number of allylic oxidation sites excluding steroid dienone is 1. The van der Waals surface area contributed by atoms with Crippen molar-refractivity contribution < 1.29 is 19.1 Å². The molecule has 0 amide bonds. The highest BCUT2D eigenvalue weighted by Gasteiger charge is 2.65.